The second kappa shape index (κ2) is 4.78. The maximum atomic E-state index is 4.51. The average Bonchev–Trinajstić information content (AvgIpc) is 2.75. The van der Waals surface area contributed by atoms with Gasteiger partial charge in [0.05, 0.1) is 11.7 Å². The van der Waals surface area contributed by atoms with Crippen LogP contribution in [0.4, 0.5) is 0 Å². The molecule has 0 spiro atoms. The number of para-hydroxylation sites is 1. The Balaban J connectivity index is 1.89. The van der Waals surface area contributed by atoms with Crippen molar-refractivity contribution in [2.75, 3.05) is 13.1 Å². The van der Waals surface area contributed by atoms with Crippen molar-refractivity contribution in [3.63, 3.8) is 0 Å². The van der Waals surface area contributed by atoms with E-state index < -0.39 is 0 Å². The molecule has 0 saturated carbocycles. The summed E-state index contributed by atoms with van der Waals surface area (Å²) in [7, 11) is 0. The van der Waals surface area contributed by atoms with Crippen molar-refractivity contribution < 1.29 is 0 Å². The van der Waals surface area contributed by atoms with Crippen LogP contribution in [0.25, 0.3) is 10.9 Å². The second-order valence-corrected chi connectivity index (χ2v) is 5.57. The molecule has 90 valence electrons. The lowest BCUT2D eigenvalue weighted by Gasteiger charge is -2.22. The van der Waals surface area contributed by atoms with Gasteiger partial charge in [0.2, 0.25) is 0 Å². The molecule has 1 N–H and O–H groups in total. The molecule has 0 bridgehead atoms. The molecule has 1 aliphatic heterocycles. The lowest BCUT2D eigenvalue weighted by atomic mass is 10.00. The summed E-state index contributed by atoms with van der Waals surface area (Å²) in [6.07, 6.45) is 4.54. The van der Waals surface area contributed by atoms with Crippen molar-refractivity contribution in [3.05, 3.63) is 28.9 Å². The van der Waals surface area contributed by atoms with E-state index in [-0.39, 0.29) is 0 Å². The standard InChI is InChI=1S/C13H16BrN3/c14-12-5-1-4-11-8-16-17(13(11)12)9-10-3-2-6-15-7-10/h1,4-5,8,10,15H,2-3,6-7,9H2. The Hall–Kier alpha value is -0.870. The highest BCUT2D eigenvalue weighted by molar-refractivity contribution is 9.10. The van der Waals surface area contributed by atoms with Crippen LogP contribution in [0.1, 0.15) is 12.8 Å². The van der Waals surface area contributed by atoms with Crippen LogP contribution in [0.15, 0.2) is 28.9 Å². The van der Waals surface area contributed by atoms with Crippen LogP contribution < -0.4 is 5.32 Å². The van der Waals surface area contributed by atoms with Gasteiger partial charge in [-0.05, 0) is 53.8 Å². The number of rotatable bonds is 2. The topological polar surface area (TPSA) is 29.9 Å². The molecule has 2 aromatic rings. The summed E-state index contributed by atoms with van der Waals surface area (Å²) in [6, 6.07) is 6.25. The fraction of sp³-hybridized carbons (Fsp3) is 0.462. The fourth-order valence-corrected chi connectivity index (χ4v) is 3.15. The minimum absolute atomic E-state index is 0.707. The van der Waals surface area contributed by atoms with E-state index in [9.17, 15) is 0 Å². The minimum Gasteiger partial charge on any atom is -0.316 e. The van der Waals surface area contributed by atoms with Crippen LogP contribution in [0.5, 0.6) is 0 Å². The van der Waals surface area contributed by atoms with Gasteiger partial charge in [0.15, 0.2) is 0 Å². The van der Waals surface area contributed by atoms with E-state index in [1.165, 1.54) is 30.3 Å². The Bertz CT molecular complexity index is 514. The summed E-state index contributed by atoms with van der Waals surface area (Å²) < 4.78 is 3.27. The van der Waals surface area contributed by atoms with Gasteiger partial charge in [0.1, 0.15) is 0 Å². The molecule has 0 radical (unpaired) electrons. The first-order valence-electron chi connectivity index (χ1n) is 6.15. The van der Waals surface area contributed by atoms with Gasteiger partial charge in [-0.3, -0.25) is 4.68 Å². The number of hydrogen-bond donors (Lipinski definition) is 1. The van der Waals surface area contributed by atoms with Crippen LogP contribution in [0, 0.1) is 5.92 Å². The van der Waals surface area contributed by atoms with Crippen LogP contribution in [-0.2, 0) is 6.54 Å². The molecule has 1 aliphatic rings. The Labute approximate surface area is 109 Å². The fourth-order valence-electron chi connectivity index (χ4n) is 2.56. The third kappa shape index (κ3) is 2.24. The third-order valence-electron chi connectivity index (χ3n) is 3.44. The lowest BCUT2D eigenvalue weighted by Crippen LogP contribution is -2.32. The van der Waals surface area contributed by atoms with Gasteiger partial charge < -0.3 is 5.32 Å². The van der Waals surface area contributed by atoms with Crippen LogP contribution in [0.3, 0.4) is 0 Å². The highest BCUT2D eigenvalue weighted by Gasteiger charge is 2.15. The van der Waals surface area contributed by atoms with Gasteiger partial charge in [-0.2, -0.15) is 5.10 Å². The van der Waals surface area contributed by atoms with Gasteiger partial charge in [-0.1, -0.05) is 12.1 Å². The molecule has 1 atom stereocenters. The van der Waals surface area contributed by atoms with Crippen molar-refractivity contribution in [1.82, 2.24) is 15.1 Å². The molecule has 1 saturated heterocycles. The highest BCUT2D eigenvalue weighted by Crippen LogP contribution is 2.25. The first-order chi connectivity index (χ1) is 8.34. The number of aromatic nitrogens is 2. The first kappa shape index (κ1) is 11.2. The molecule has 0 amide bonds. The Morgan fingerprint density at radius 1 is 1.47 bits per heavy atom. The number of hydrogen-bond acceptors (Lipinski definition) is 2. The summed E-state index contributed by atoms with van der Waals surface area (Å²) in [4.78, 5) is 0. The summed E-state index contributed by atoms with van der Waals surface area (Å²) in [6.45, 7) is 3.30. The maximum absolute atomic E-state index is 4.51. The molecular weight excluding hydrogens is 278 g/mol. The minimum atomic E-state index is 0.707. The molecular formula is C13H16BrN3. The van der Waals surface area contributed by atoms with Gasteiger partial charge >= 0.3 is 0 Å². The van der Waals surface area contributed by atoms with Gasteiger partial charge in [-0.15, -0.1) is 0 Å². The highest BCUT2D eigenvalue weighted by atomic mass is 79.9. The second-order valence-electron chi connectivity index (χ2n) is 4.72. The van der Waals surface area contributed by atoms with E-state index in [1.54, 1.807) is 0 Å². The molecule has 1 aromatic heterocycles. The molecule has 3 rings (SSSR count). The average molecular weight is 294 g/mol. The van der Waals surface area contributed by atoms with Crippen molar-refractivity contribution in [2.24, 2.45) is 5.92 Å². The van der Waals surface area contributed by atoms with Crippen molar-refractivity contribution in [1.29, 1.82) is 0 Å². The van der Waals surface area contributed by atoms with E-state index in [0.717, 1.165) is 17.6 Å². The van der Waals surface area contributed by atoms with E-state index in [4.69, 9.17) is 0 Å². The summed E-state index contributed by atoms with van der Waals surface area (Å²) >= 11 is 3.62. The molecule has 17 heavy (non-hydrogen) atoms. The zero-order valence-corrected chi connectivity index (χ0v) is 11.3. The van der Waals surface area contributed by atoms with Crippen LogP contribution in [-0.4, -0.2) is 22.9 Å². The number of nitrogens with zero attached hydrogens (tertiary/aromatic N) is 2. The lowest BCUT2D eigenvalue weighted by molar-refractivity contribution is 0.329. The Morgan fingerprint density at radius 3 is 3.24 bits per heavy atom. The number of piperidine rings is 1. The quantitative estimate of drug-likeness (QED) is 0.923. The summed E-state index contributed by atoms with van der Waals surface area (Å²) in [5, 5.41) is 9.18. The van der Waals surface area contributed by atoms with E-state index >= 15 is 0 Å². The van der Waals surface area contributed by atoms with E-state index in [0.29, 0.717) is 5.92 Å². The van der Waals surface area contributed by atoms with Gasteiger partial charge in [0.25, 0.3) is 0 Å². The largest absolute Gasteiger partial charge is 0.316 e. The molecule has 2 heterocycles. The smallest absolute Gasteiger partial charge is 0.0824 e. The van der Waals surface area contributed by atoms with Crippen molar-refractivity contribution in [2.45, 2.75) is 19.4 Å². The van der Waals surface area contributed by atoms with Crippen LogP contribution >= 0.6 is 15.9 Å². The first-order valence-corrected chi connectivity index (χ1v) is 6.94. The molecule has 1 aromatic carbocycles. The number of halogens is 1. The summed E-state index contributed by atoms with van der Waals surface area (Å²) in [5.41, 5.74) is 1.22. The summed E-state index contributed by atoms with van der Waals surface area (Å²) in [5.74, 6) is 0.707. The van der Waals surface area contributed by atoms with Gasteiger partial charge in [0, 0.05) is 16.4 Å². The molecule has 1 fully saturated rings. The maximum Gasteiger partial charge on any atom is 0.0824 e. The van der Waals surface area contributed by atoms with E-state index in [2.05, 4.69) is 49.2 Å². The molecule has 0 aliphatic carbocycles. The molecule has 1 unspecified atom stereocenters. The van der Waals surface area contributed by atoms with Crippen molar-refractivity contribution in [3.8, 4) is 0 Å². The Morgan fingerprint density at radius 2 is 2.41 bits per heavy atom. The molecule has 3 nitrogen and oxygen atoms in total. The number of benzene rings is 1. The van der Waals surface area contributed by atoms with Crippen LogP contribution in [0.2, 0.25) is 0 Å². The van der Waals surface area contributed by atoms with Gasteiger partial charge in [-0.25, -0.2) is 0 Å². The number of fused-ring (bicyclic) bond motifs is 1. The Kier molecular flexibility index (Phi) is 3.16. The zero-order chi connectivity index (χ0) is 11.7. The zero-order valence-electron chi connectivity index (χ0n) is 9.69. The monoisotopic (exact) mass is 293 g/mol. The van der Waals surface area contributed by atoms with Crippen molar-refractivity contribution >= 4 is 26.8 Å². The predicted molar refractivity (Wildman–Crippen MR) is 73.0 cm³/mol. The predicted octanol–water partition coefficient (Wildman–Crippen LogP) is 2.80. The molecule has 4 heteroatoms. The van der Waals surface area contributed by atoms with E-state index in [1.807, 2.05) is 6.20 Å². The third-order valence-corrected chi connectivity index (χ3v) is 4.08. The number of nitrogens with one attached hydrogen (secondary N) is 1. The SMILES string of the molecule is Brc1cccc2cnn(CC3CCCNC3)c12. The normalized spacial score (nSPS) is 20.9.